The van der Waals surface area contributed by atoms with E-state index >= 15 is 0 Å². The number of benzene rings is 1. The maximum absolute atomic E-state index is 13.4. The molecule has 0 unspecified atom stereocenters. The fourth-order valence-corrected chi connectivity index (χ4v) is 3.05. The molecule has 0 atom stereocenters. The molecule has 7 nitrogen and oxygen atoms in total. The molecule has 3 rings (SSSR count). The van der Waals surface area contributed by atoms with E-state index in [0.29, 0.717) is 43.4 Å². The number of ether oxygens (including phenoxy) is 1. The lowest BCUT2D eigenvalue weighted by molar-refractivity contribution is -0.126. The van der Waals surface area contributed by atoms with Crippen molar-refractivity contribution >= 4 is 23.1 Å². The van der Waals surface area contributed by atoms with Crippen molar-refractivity contribution in [3.63, 3.8) is 0 Å². The van der Waals surface area contributed by atoms with Crippen LogP contribution in [0.15, 0.2) is 43.1 Å². The van der Waals surface area contributed by atoms with E-state index in [0.717, 1.165) is 6.92 Å². The van der Waals surface area contributed by atoms with Crippen LogP contribution in [-0.2, 0) is 10.7 Å². The molecule has 1 aliphatic rings. The Bertz CT molecular complexity index is 875. The van der Waals surface area contributed by atoms with Gasteiger partial charge in [0.2, 0.25) is 5.91 Å². The summed E-state index contributed by atoms with van der Waals surface area (Å²) in [7, 11) is 1.48. The van der Waals surface area contributed by atoms with E-state index in [4.69, 9.17) is 4.74 Å². The fourth-order valence-electron chi connectivity index (χ4n) is 3.05. The molecular formula is C20H23F2N5O2. The van der Waals surface area contributed by atoms with E-state index in [1.165, 1.54) is 25.3 Å². The number of nitrogens with one attached hydrogen (secondary N) is 1. The smallest absolute Gasteiger partial charge is 0.318 e. The summed E-state index contributed by atoms with van der Waals surface area (Å²) in [5, 5.41) is 3.18. The van der Waals surface area contributed by atoms with Crippen molar-refractivity contribution in [1.82, 2.24) is 14.9 Å². The number of rotatable bonds is 6. The molecule has 1 N–H and O–H groups in total. The Morgan fingerprint density at radius 2 is 1.90 bits per heavy atom. The first-order valence-corrected chi connectivity index (χ1v) is 9.14. The Morgan fingerprint density at radius 3 is 2.45 bits per heavy atom. The highest BCUT2D eigenvalue weighted by molar-refractivity contribution is 5.87. The van der Waals surface area contributed by atoms with Crippen LogP contribution in [0.5, 0.6) is 6.01 Å². The summed E-state index contributed by atoms with van der Waals surface area (Å²) in [6, 6.07) is 6.15. The maximum atomic E-state index is 13.4. The molecule has 0 bridgehead atoms. The van der Waals surface area contributed by atoms with Gasteiger partial charge in [-0.05, 0) is 18.2 Å². The van der Waals surface area contributed by atoms with Gasteiger partial charge in [-0.2, -0.15) is 4.98 Å². The number of aromatic nitrogens is 2. The molecule has 29 heavy (non-hydrogen) atoms. The molecular weight excluding hydrogens is 380 g/mol. The number of hydrogen-bond acceptors (Lipinski definition) is 6. The van der Waals surface area contributed by atoms with Crippen molar-refractivity contribution in [3.05, 3.63) is 48.7 Å². The first-order valence-electron chi connectivity index (χ1n) is 9.14. The number of methoxy groups -OCH3 is 1. The molecule has 0 aliphatic carbocycles. The monoisotopic (exact) mass is 403 g/mol. The molecule has 1 aromatic heterocycles. The molecule has 1 saturated heterocycles. The number of carbonyl (C=O) groups excluding carboxylic acids is 1. The van der Waals surface area contributed by atoms with E-state index in [9.17, 15) is 13.6 Å². The minimum atomic E-state index is -2.89. The van der Waals surface area contributed by atoms with Gasteiger partial charge in [-0.1, -0.05) is 18.7 Å². The minimum absolute atomic E-state index is 0.0581. The molecule has 0 radical (unpaired) electrons. The SMILES string of the molecule is C=CC(=O)N1CCN(c2nc(OC)ncc2Nc2ccc(C(C)(F)F)cc2)CC1. The van der Waals surface area contributed by atoms with E-state index in [1.807, 2.05) is 4.90 Å². The van der Waals surface area contributed by atoms with Crippen molar-refractivity contribution in [2.75, 3.05) is 43.5 Å². The van der Waals surface area contributed by atoms with Crippen LogP contribution in [0.2, 0.25) is 0 Å². The summed E-state index contributed by atoms with van der Waals surface area (Å²) in [5.41, 5.74) is 1.19. The normalized spacial score (nSPS) is 14.5. The van der Waals surface area contributed by atoms with E-state index < -0.39 is 5.92 Å². The quantitative estimate of drug-likeness (QED) is 0.747. The molecule has 1 fully saturated rings. The van der Waals surface area contributed by atoms with E-state index in [-0.39, 0.29) is 17.5 Å². The van der Waals surface area contributed by atoms with E-state index in [2.05, 4.69) is 21.9 Å². The lowest BCUT2D eigenvalue weighted by atomic mass is 10.1. The number of hydrogen-bond donors (Lipinski definition) is 1. The second kappa shape index (κ2) is 8.42. The summed E-state index contributed by atoms with van der Waals surface area (Å²) in [4.78, 5) is 24.1. The summed E-state index contributed by atoms with van der Waals surface area (Å²) in [5.74, 6) is -2.38. The van der Waals surface area contributed by atoms with Crippen LogP contribution in [0, 0.1) is 0 Å². The topological polar surface area (TPSA) is 70.6 Å². The number of halogens is 2. The number of amides is 1. The molecule has 2 aromatic rings. The second-order valence-corrected chi connectivity index (χ2v) is 6.70. The largest absolute Gasteiger partial charge is 0.467 e. The highest BCUT2D eigenvalue weighted by atomic mass is 19.3. The molecule has 0 spiro atoms. The van der Waals surface area contributed by atoms with Crippen LogP contribution in [0.3, 0.4) is 0 Å². The van der Waals surface area contributed by atoms with Crippen molar-refractivity contribution in [2.45, 2.75) is 12.8 Å². The van der Waals surface area contributed by atoms with Crippen molar-refractivity contribution in [3.8, 4) is 6.01 Å². The van der Waals surface area contributed by atoms with Crippen molar-refractivity contribution in [1.29, 1.82) is 0 Å². The third-order valence-corrected chi connectivity index (χ3v) is 4.67. The zero-order valence-corrected chi connectivity index (χ0v) is 16.4. The van der Waals surface area contributed by atoms with Gasteiger partial charge in [-0.25, -0.2) is 13.8 Å². The zero-order chi connectivity index (χ0) is 21.0. The Balaban J connectivity index is 1.81. The molecule has 1 aromatic carbocycles. The Labute approximate surface area is 168 Å². The average Bonchev–Trinajstić information content (AvgIpc) is 2.73. The first-order chi connectivity index (χ1) is 13.8. The number of carbonyl (C=O) groups is 1. The molecule has 2 heterocycles. The standard InChI is InChI=1S/C20H23F2N5O2/c1-4-17(28)26-9-11-27(12-10-26)18-16(13-23-19(25-18)29-3)24-15-7-5-14(6-8-15)20(2,21)22/h4-8,13,24H,1,9-12H2,2-3H3. The number of piperazine rings is 1. The van der Waals surface area contributed by atoms with Gasteiger partial charge in [-0.15, -0.1) is 0 Å². The summed E-state index contributed by atoms with van der Waals surface area (Å²) < 4.78 is 32.0. The second-order valence-electron chi connectivity index (χ2n) is 6.70. The maximum Gasteiger partial charge on any atom is 0.318 e. The third kappa shape index (κ3) is 4.79. The van der Waals surface area contributed by atoms with Gasteiger partial charge in [0.15, 0.2) is 5.82 Å². The van der Waals surface area contributed by atoms with Crippen LogP contribution in [0.4, 0.5) is 26.0 Å². The third-order valence-electron chi connectivity index (χ3n) is 4.67. The highest BCUT2D eigenvalue weighted by Gasteiger charge is 2.25. The van der Waals surface area contributed by atoms with Crippen LogP contribution in [0.25, 0.3) is 0 Å². The van der Waals surface area contributed by atoms with Gasteiger partial charge in [0.1, 0.15) is 5.69 Å². The summed E-state index contributed by atoms with van der Waals surface area (Å²) in [6.45, 7) is 6.62. The van der Waals surface area contributed by atoms with Crippen LogP contribution < -0.4 is 15.0 Å². The number of alkyl halides is 2. The Hall–Kier alpha value is -3.23. The lowest BCUT2D eigenvalue weighted by Gasteiger charge is -2.35. The van der Waals surface area contributed by atoms with Crippen LogP contribution >= 0.6 is 0 Å². The molecule has 154 valence electrons. The number of nitrogens with zero attached hydrogens (tertiary/aromatic N) is 4. The molecule has 1 amide bonds. The average molecular weight is 403 g/mol. The lowest BCUT2D eigenvalue weighted by Crippen LogP contribution is -2.48. The van der Waals surface area contributed by atoms with Crippen LogP contribution in [-0.4, -0.2) is 54.1 Å². The molecule has 1 aliphatic heterocycles. The zero-order valence-electron chi connectivity index (χ0n) is 16.4. The summed E-state index contributed by atoms with van der Waals surface area (Å²) >= 11 is 0. The van der Waals surface area contributed by atoms with Gasteiger partial charge in [0.05, 0.1) is 13.3 Å². The van der Waals surface area contributed by atoms with Gasteiger partial charge in [0.25, 0.3) is 5.92 Å². The minimum Gasteiger partial charge on any atom is -0.467 e. The van der Waals surface area contributed by atoms with E-state index in [1.54, 1.807) is 23.2 Å². The highest BCUT2D eigenvalue weighted by Crippen LogP contribution is 2.31. The predicted octanol–water partition coefficient (Wildman–Crippen LogP) is 3.18. The first kappa shape index (κ1) is 20.5. The fraction of sp³-hybridized carbons (Fsp3) is 0.350. The van der Waals surface area contributed by atoms with Gasteiger partial charge < -0.3 is 19.9 Å². The summed E-state index contributed by atoms with van der Waals surface area (Å²) in [6.07, 6.45) is 2.89. The number of anilines is 3. The Kier molecular flexibility index (Phi) is 5.95. The van der Waals surface area contributed by atoms with Gasteiger partial charge in [0, 0.05) is 44.4 Å². The molecule has 0 saturated carbocycles. The van der Waals surface area contributed by atoms with Gasteiger partial charge >= 0.3 is 6.01 Å². The Morgan fingerprint density at radius 1 is 1.24 bits per heavy atom. The predicted molar refractivity (Wildman–Crippen MR) is 107 cm³/mol. The van der Waals surface area contributed by atoms with Crippen LogP contribution in [0.1, 0.15) is 12.5 Å². The van der Waals surface area contributed by atoms with Crippen molar-refractivity contribution < 1.29 is 18.3 Å². The molecule has 9 heteroatoms. The van der Waals surface area contributed by atoms with Gasteiger partial charge in [-0.3, -0.25) is 4.79 Å². The van der Waals surface area contributed by atoms with Crippen molar-refractivity contribution in [2.24, 2.45) is 0 Å².